The number of fused-ring (bicyclic) bond motifs is 1. The van der Waals surface area contributed by atoms with Gasteiger partial charge in [-0.25, -0.2) is 9.78 Å². The molecule has 0 aliphatic rings. The summed E-state index contributed by atoms with van der Waals surface area (Å²) >= 11 is 9.87. The van der Waals surface area contributed by atoms with E-state index in [1.807, 2.05) is 20.8 Å². The van der Waals surface area contributed by atoms with E-state index >= 15 is 0 Å². The lowest BCUT2D eigenvalue weighted by atomic mass is 10.2. The van der Waals surface area contributed by atoms with E-state index in [9.17, 15) is 4.79 Å². The van der Waals surface area contributed by atoms with Crippen molar-refractivity contribution in [2.24, 2.45) is 0 Å². The third kappa shape index (κ3) is 4.63. The molecule has 7 nitrogen and oxygen atoms in total. The summed E-state index contributed by atoms with van der Waals surface area (Å²) in [6.07, 6.45) is -0.479. The highest BCUT2D eigenvalue weighted by Crippen LogP contribution is 2.31. The molecule has 0 aromatic carbocycles. The Kier molecular flexibility index (Phi) is 6.31. The molecular weight excluding hydrogens is 414 g/mol. The second-order valence-corrected chi connectivity index (χ2v) is 7.51. The first-order valence-corrected chi connectivity index (χ1v) is 8.71. The predicted octanol–water partition coefficient (Wildman–Crippen LogP) is 4.24. The minimum Gasteiger partial charge on any atom is -0.443 e. The first kappa shape index (κ1) is 20.0. The van der Waals surface area contributed by atoms with E-state index in [4.69, 9.17) is 25.8 Å². The fourth-order valence-electron chi connectivity index (χ4n) is 2.11. The molecule has 138 valence electrons. The molecule has 0 atom stereocenters. The Hall–Kier alpha value is -1.35. The number of hydrogen-bond acceptors (Lipinski definition) is 5. The number of carbonyl (C=O) groups excluding carboxylic acids is 1. The van der Waals surface area contributed by atoms with Crippen LogP contribution in [0.5, 0.6) is 0 Å². The van der Waals surface area contributed by atoms with Crippen LogP contribution in [0.3, 0.4) is 0 Å². The maximum Gasteiger partial charge on any atom is 0.414 e. The summed E-state index contributed by atoms with van der Waals surface area (Å²) in [6, 6.07) is 3.56. The van der Waals surface area contributed by atoms with E-state index in [0.29, 0.717) is 26.8 Å². The number of rotatable bonds is 5. The van der Waals surface area contributed by atoms with Crippen LogP contribution in [-0.4, -0.2) is 42.0 Å². The molecule has 0 spiro atoms. The first-order chi connectivity index (χ1) is 11.7. The highest BCUT2D eigenvalue weighted by atomic mass is 79.9. The Morgan fingerprint density at radius 3 is 2.68 bits per heavy atom. The predicted molar refractivity (Wildman–Crippen MR) is 99.2 cm³/mol. The fraction of sp³-hybridized carbons (Fsp3) is 0.500. The van der Waals surface area contributed by atoms with Crippen LogP contribution in [0.4, 0.5) is 10.5 Å². The van der Waals surface area contributed by atoms with E-state index < -0.39 is 11.7 Å². The summed E-state index contributed by atoms with van der Waals surface area (Å²) in [5.41, 5.74) is 1.04. The van der Waals surface area contributed by atoms with Gasteiger partial charge in [-0.1, -0.05) is 11.6 Å². The van der Waals surface area contributed by atoms with Gasteiger partial charge in [0.15, 0.2) is 5.65 Å². The number of hydrogen-bond donors (Lipinski definition) is 0. The van der Waals surface area contributed by atoms with Gasteiger partial charge in [0.2, 0.25) is 0 Å². The number of pyridine rings is 1. The van der Waals surface area contributed by atoms with E-state index in [0.717, 1.165) is 0 Å². The quantitative estimate of drug-likeness (QED) is 0.400. The van der Waals surface area contributed by atoms with Crippen molar-refractivity contribution in [3.05, 3.63) is 27.6 Å². The molecule has 0 saturated heterocycles. The molecule has 9 heteroatoms. The molecule has 0 aliphatic carbocycles. The van der Waals surface area contributed by atoms with Crippen LogP contribution in [0, 0.1) is 0 Å². The summed E-state index contributed by atoms with van der Waals surface area (Å²) in [4.78, 5) is 18.3. The van der Waals surface area contributed by atoms with Crippen molar-refractivity contribution < 1.29 is 19.0 Å². The molecule has 0 radical (unpaired) electrons. The number of aromatic nitrogens is 2. The molecule has 0 unspecified atom stereocenters. The van der Waals surface area contributed by atoms with Gasteiger partial charge < -0.3 is 14.2 Å². The van der Waals surface area contributed by atoms with Crippen LogP contribution in [0.25, 0.3) is 5.65 Å². The average molecular weight is 435 g/mol. The molecule has 0 bridgehead atoms. The van der Waals surface area contributed by atoms with Crippen molar-refractivity contribution >= 4 is 45.0 Å². The smallest absolute Gasteiger partial charge is 0.414 e. The van der Waals surface area contributed by atoms with Gasteiger partial charge in [0, 0.05) is 14.2 Å². The Morgan fingerprint density at radius 2 is 2.08 bits per heavy atom. The van der Waals surface area contributed by atoms with Crippen molar-refractivity contribution in [2.75, 3.05) is 25.9 Å². The molecule has 1 amide bonds. The molecule has 2 aromatic rings. The topological polar surface area (TPSA) is 65.3 Å². The number of amides is 1. The van der Waals surface area contributed by atoms with Gasteiger partial charge in [-0.05, 0) is 48.8 Å². The van der Waals surface area contributed by atoms with Crippen LogP contribution in [0.2, 0.25) is 5.15 Å². The number of methoxy groups -OCH3 is 1. The van der Waals surface area contributed by atoms with Crippen molar-refractivity contribution in [3.8, 4) is 0 Å². The first-order valence-electron chi connectivity index (χ1n) is 7.54. The minimum absolute atomic E-state index is 0.135. The Morgan fingerprint density at radius 1 is 1.40 bits per heavy atom. The number of imidazole rings is 1. The average Bonchev–Trinajstić information content (AvgIpc) is 2.83. The lowest BCUT2D eigenvalue weighted by molar-refractivity contribution is -0.0399. The number of anilines is 1. The van der Waals surface area contributed by atoms with E-state index in [1.54, 1.807) is 23.6 Å². The van der Waals surface area contributed by atoms with Crippen molar-refractivity contribution in [1.29, 1.82) is 0 Å². The molecule has 0 fully saturated rings. The summed E-state index contributed by atoms with van der Waals surface area (Å²) < 4.78 is 18.0. The van der Waals surface area contributed by atoms with Gasteiger partial charge >= 0.3 is 6.09 Å². The SMILES string of the molecule is COCOCc1nc2c(N(C)C(=O)OC(C)(C)C)ccc(Br)n2c1Cl. The van der Waals surface area contributed by atoms with Crippen LogP contribution in [0.1, 0.15) is 26.5 Å². The Labute approximate surface area is 159 Å². The van der Waals surface area contributed by atoms with E-state index in [-0.39, 0.29) is 13.4 Å². The van der Waals surface area contributed by atoms with Crippen LogP contribution in [-0.2, 0) is 20.8 Å². The summed E-state index contributed by atoms with van der Waals surface area (Å²) in [6.45, 7) is 5.76. The van der Waals surface area contributed by atoms with Gasteiger partial charge in [-0.2, -0.15) is 0 Å². The molecule has 2 heterocycles. The number of carbonyl (C=O) groups is 1. The fourth-order valence-corrected chi connectivity index (χ4v) is 2.96. The van der Waals surface area contributed by atoms with Crippen LogP contribution in [0.15, 0.2) is 16.7 Å². The third-order valence-corrected chi connectivity index (χ3v) is 4.18. The largest absolute Gasteiger partial charge is 0.443 e. The molecular formula is C16H21BrClN3O4. The number of ether oxygens (including phenoxy) is 3. The molecule has 2 aromatic heterocycles. The lowest BCUT2D eigenvalue weighted by Crippen LogP contribution is -2.34. The van der Waals surface area contributed by atoms with E-state index in [1.165, 1.54) is 12.0 Å². The maximum absolute atomic E-state index is 12.4. The normalized spacial score (nSPS) is 11.8. The zero-order valence-electron chi connectivity index (χ0n) is 14.8. The van der Waals surface area contributed by atoms with Gasteiger partial charge in [-0.3, -0.25) is 9.30 Å². The van der Waals surface area contributed by atoms with Crippen molar-refractivity contribution in [3.63, 3.8) is 0 Å². The standard InChI is InChI=1S/C16H21BrClN3O4/c1-16(2,3)25-15(22)20(4)11-6-7-12(17)21-13(18)10(19-14(11)21)8-24-9-23-5/h6-7H,8-9H2,1-5H3. The van der Waals surface area contributed by atoms with Crippen molar-refractivity contribution in [2.45, 2.75) is 33.0 Å². The minimum atomic E-state index is -0.594. The molecule has 0 aliphatic heterocycles. The monoisotopic (exact) mass is 433 g/mol. The molecule has 0 saturated carbocycles. The second kappa shape index (κ2) is 7.90. The third-order valence-electron chi connectivity index (χ3n) is 3.18. The number of halogens is 2. The highest BCUT2D eigenvalue weighted by molar-refractivity contribution is 9.10. The molecule has 0 N–H and O–H groups in total. The lowest BCUT2D eigenvalue weighted by Gasteiger charge is -2.25. The number of nitrogens with zero attached hydrogens (tertiary/aromatic N) is 3. The molecule has 25 heavy (non-hydrogen) atoms. The van der Waals surface area contributed by atoms with Gasteiger partial charge in [-0.15, -0.1) is 0 Å². The van der Waals surface area contributed by atoms with Gasteiger partial charge in [0.1, 0.15) is 23.2 Å². The molecule has 2 rings (SSSR count). The van der Waals surface area contributed by atoms with Crippen LogP contribution < -0.4 is 4.90 Å². The Bertz CT molecular complexity index is 773. The summed E-state index contributed by atoms with van der Waals surface area (Å²) in [5, 5.41) is 0.400. The maximum atomic E-state index is 12.4. The summed E-state index contributed by atoms with van der Waals surface area (Å²) in [5.74, 6) is 0. The summed E-state index contributed by atoms with van der Waals surface area (Å²) in [7, 11) is 3.16. The van der Waals surface area contributed by atoms with E-state index in [2.05, 4.69) is 20.9 Å². The van der Waals surface area contributed by atoms with Gasteiger partial charge in [0.25, 0.3) is 0 Å². The zero-order valence-corrected chi connectivity index (χ0v) is 17.1. The van der Waals surface area contributed by atoms with Crippen LogP contribution >= 0.6 is 27.5 Å². The highest BCUT2D eigenvalue weighted by Gasteiger charge is 2.24. The van der Waals surface area contributed by atoms with Gasteiger partial charge in [0.05, 0.1) is 16.9 Å². The Balaban J connectivity index is 2.42. The second-order valence-electron chi connectivity index (χ2n) is 6.34. The zero-order chi connectivity index (χ0) is 18.8. The van der Waals surface area contributed by atoms with Crippen molar-refractivity contribution in [1.82, 2.24) is 9.38 Å².